The molecule has 0 aliphatic rings. The number of rotatable bonds is 10. The summed E-state index contributed by atoms with van der Waals surface area (Å²) in [6, 6.07) is 17.7. The molecule has 0 radical (unpaired) electrons. The van der Waals surface area contributed by atoms with Crippen LogP contribution in [0.5, 0.6) is 0 Å². The van der Waals surface area contributed by atoms with Crippen LogP contribution < -0.4 is 32.7 Å². The zero-order valence-electron chi connectivity index (χ0n) is 21.1. The van der Waals surface area contributed by atoms with Crippen LogP contribution in [0.25, 0.3) is 17.0 Å². The number of carbonyl (C=O) groups is 2. The summed E-state index contributed by atoms with van der Waals surface area (Å²) >= 11 is 5.64. The smallest absolute Gasteiger partial charge is 0.250 e. The van der Waals surface area contributed by atoms with E-state index in [0.29, 0.717) is 30.6 Å². The molecule has 8 N–H and O–H groups in total. The minimum atomic E-state index is -0.873. The van der Waals surface area contributed by atoms with Gasteiger partial charge in [-0.15, -0.1) is 0 Å². The molecule has 1 aromatic heterocycles. The lowest BCUT2D eigenvalue weighted by atomic mass is 10.1. The highest BCUT2D eigenvalue weighted by molar-refractivity contribution is 7.80. The van der Waals surface area contributed by atoms with Crippen LogP contribution in [0.15, 0.2) is 77.9 Å². The predicted molar refractivity (Wildman–Crippen MR) is 156 cm³/mol. The van der Waals surface area contributed by atoms with E-state index in [-0.39, 0.29) is 17.0 Å². The Morgan fingerprint density at radius 1 is 1.08 bits per heavy atom. The van der Waals surface area contributed by atoms with Crippen LogP contribution in [0.2, 0.25) is 0 Å². The lowest BCUT2D eigenvalue weighted by Crippen LogP contribution is -2.55. The molecule has 0 saturated carbocycles. The number of amides is 2. The lowest BCUT2D eigenvalue weighted by Gasteiger charge is -2.29. The molecule has 2 aromatic carbocycles. The van der Waals surface area contributed by atoms with Gasteiger partial charge in [0.2, 0.25) is 11.8 Å². The Morgan fingerprint density at radius 3 is 2.55 bits per heavy atom. The van der Waals surface area contributed by atoms with Crippen molar-refractivity contribution in [1.82, 2.24) is 15.6 Å². The van der Waals surface area contributed by atoms with Gasteiger partial charge >= 0.3 is 0 Å². The van der Waals surface area contributed by atoms with Crippen molar-refractivity contribution >= 4 is 57.8 Å². The maximum atomic E-state index is 13.6. The first-order chi connectivity index (χ1) is 18.3. The van der Waals surface area contributed by atoms with Crippen LogP contribution in [0.1, 0.15) is 25.3 Å². The van der Waals surface area contributed by atoms with E-state index in [1.54, 1.807) is 25.3 Å². The standard InChI is InChI=1S/C27H32N8O2S/c1-18(33-23(36)15-14-19-8-3-2-4-9-19)34-27(38)35(25(37)21(28)12-7-17-32-26(29)30)22-13-5-10-20-11-6-16-31-24(20)22/h2-6,8-11,13-16,18,21H,7,12,17,28H2,1H3,(H,33,36)(H,34,38)(H4,29,30,32)/b15-14+/t18?,21-/m0/s1. The average Bonchev–Trinajstić information content (AvgIpc) is 2.90. The highest BCUT2D eigenvalue weighted by Crippen LogP contribution is 2.26. The molecule has 1 unspecified atom stereocenters. The number of hydrogen-bond acceptors (Lipinski definition) is 6. The van der Waals surface area contributed by atoms with Gasteiger partial charge < -0.3 is 27.8 Å². The molecule has 2 amide bonds. The van der Waals surface area contributed by atoms with Gasteiger partial charge in [-0.2, -0.15) is 0 Å². The van der Waals surface area contributed by atoms with E-state index < -0.39 is 18.1 Å². The number of anilines is 1. The molecule has 3 rings (SSSR count). The highest BCUT2D eigenvalue weighted by Gasteiger charge is 2.28. The van der Waals surface area contributed by atoms with Crippen LogP contribution in [0.4, 0.5) is 5.69 Å². The minimum Gasteiger partial charge on any atom is -0.370 e. The van der Waals surface area contributed by atoms with Crippen molar-refractivity contribution in [1.29, 1.82) is 0 Å². The maximum Gasteiger partial charge on any atom is 0.250 e. The van der Waals surface area contributed by atoms with Crippen molar-refractivity contribution in [2.45, 2.75) is 32.0 Å². The zero-order valence-corrected chi connectivity index (χ0v) is 21.9. The monoisotopic (exact) mass is 532 g/mol. The number of nitrogens with zero attached hydrogens (tertiary/aromatic N) is 3. The summed E-state index contributed by atoms with van der Waals surface area (Å²) in [6.07, 6.45) is 5.03. The Balaban J connectivity index is 1.77. The molecule has 1 heterocycles. The third kappa shape index (κ3) is 8.08. The molecule has 11 heteroatoms. The van der Waals surface area contributed by atoms with E-state index in [9.17, 15) is 9.59 Å². The second kappa shape index (κ2) is 13.8. The average molecular weight is 533 g/mol. The van der Waals surface area contributed by atoms with Crippen molar-refractivity contribution in [3.8, 4) is 0 Å². The number of guanidine groups is 1. The number of benzene rings is 2. The molecular weight excluding hydrogens is 500 g/mol. The van der Waals surface area contributed by atoms with Crippen molar-refractivity contribution < 1.29 is 9.59 Å². The predicted octanol–water partition coefficient (Wildman–Crippen LogP) is 2.00. The van der Waals surface area contributed by atoms with E-state index in [1.807, 2.05) is 54.6 Å². The van der Waals surface area contributed by atoms with Crippen LogP contribution >= 0.6 is 12.2 Å². The molecule has 3 aromatic rings. The third-order valence-corrected chi connectivity index (χ3v) is 5.79. The zero-order chi connectivity index (χ0) is 27.5. The van der Waals surface area contributed by atoms with Gasteiger partial charge in [0, 0.05) is 24.2 Å². The Hall–Kier alpha value is -4.35. The number of thiocarbonyl (C=S) groups is 1. The fourth-order valence-electron chi connectivity index (χ4n) is 3.69. The van der Waals surface area contributed by atoms with Gasteiger partial charge in [-0.05, 0) is 55.8 Å². The molecule has 2 atom stereocenters. The SMILES string of the molecule is CC(NC(=O)/C=C/c1ccccc1)NC(=S)N(C(=O)[C@@H](N)CCCN=C(N)N)c1cccc2cccnc12. The number of aromatic nitrogens is 1. The normalized spacial score (nSPS) is 12.5. The lowest BCUT2D eigenvalue weighted by molar-refractivity contribution is -0.119. The highest BCUT2D eigenvalue weighted by atomic mass is 32.1. The van der Waals surface area contributed by atoms with Crippen molar-refractivity contribution in [2.24, 2.45) is 22.2 Å². The molecule has 0 aliphatic heterocycles. The van der Waals surface area contributed by atoms with Gasteiger partial charge in [-0.25, -0.2) is 0 Å². The van der Waals surface area contributed by atoms with Crippen LogP contribution in [0, 0.1) is 0 Å². The second-order valence-electron chi connectivity index (χ2n) is 8.50. The third-order valence-electron chi connectivity index (χ3n) is 5.49. The number of pyridine rings is 1. The minimum absolute atomic E-state index is 0.0200. The number of fused-ring (bicyclic) bond motifs is 1. The first kappa shape index (κ1) is 28.2. The summed E-state index contributed by atoms with van der Waals surface area (Å²) in [4.78, 5) is 35.7. The van der Waals surface area contributed by atoms with Gasteiger partial charge in [-0.3, -0.25) is 24.5 Å². The molecule has 10 nitrogen and oxygen atoms in total. The van der Waals surface area contributed by atoms with E-state index in [1.165, 1.54) is 11.0 Å². The Kier molecular flexibility index (Phi) is 10.3. The number of carbonyl (C=O) groups excluding carboxylic acids is 2. The largest absolute Gasteiger partial charge is 0.370 e. The number of nitrogens with one attached hydrogen (secondary N) is 2. The van der Waals surface area contributed by atoms with Crippen LogP contribution in [-0.4, -0.2) is 46.6 Å². The first-order valence-corrected chi connectivity index (χ1v) is 12.5. The summed E-state index contributed by atoms with van der Waals surface area (Å²) < 4.78 is 0. The molecule has 198 valence electrons. The van der Waals surface area contributed by atoms with Crippen LogP contribution in [0.3, 0.4) is 0 Å². The summed E-state index contributed by atoms with van der Waals surface area (Å²) in [6.45, 7) is 2.07. The summed E-state index contributed by atoms with van der Waals surface area (Å²) in [5.74, 6) is -0.765. The maximum absolute atomic E-state index is 13.6. The Bertz CT molecular complexity index is 1320. The molecule has 38 heavy (non-hydrogen) atoms. The number of hydrogen-bond donors (Lipinski definition) is 5. The first-order valence-electron chi connectivity index (χ1n) is 12.1. The molecular formula is C27H32N8O2S. The summed E-state index contributed by atoms with van der Waals surface area (Å²) in [5, 5.41) is 6.73. The van der Waals surface area contributed by atoms with E-state index in [0.717, 1.165) is 10.9 Å². The van der Waals surface area contributed by atoms with Crippen molar-refractivity contribution in [2.75, 3.05) is 11.4 Å². The van der Waals surface area contributed by atoms with Gasteiger partial charge in [-0.1, -0.05) is 48.5 Å². The van der Waals surface area contributed by atoms with Crippen LogP contribution in [-0.2, 0) is 9.59 Å². The van der Waals surface area contributed by atoms with Crippen molar-refractivity contribution in [3.63, 3.8) is 0 Å². The Morgan fingerprint density at radius 2 is 1.82 bits per heavy atom. The molecule has 0 saturated heterocycles. The molecule has 0 spiro atoms. The summed E-state index contributed by atoms with van der Waals surface area (Å²) in [5.41, 5.74) is 19.0. The number of aliphatic imine (C=N–C) groups is 1. The fraction of sp³-hybridized carbons (Fsp3) is 0.222. The number of para-hydroxylation sites is 1. The second-order valence-corrected chi connectivity index (χ2v) is 8.89. The fourth-order valence-corrected chi connectivity index (χ4v) is 4.05. The van der Waals surface area contributed by atoms with Gasteiger partial charge in [0.25, 0.3) is 0 Å². The molecule has 0 aliphatic carbocycles. The van der Waals surface area contributed by atoms with E-state index in [4.69, 9.17) is 29.4 Å². The van der Waals surface area contributed by atoms with E-state index >= 15 is 0 Å². The van der Waals surface area contributed by atoms with Gasteiger partial charge in [0.1, 0.15) is 0 Å². The van der Waals surface area contributed by atoms with Gasteiger partial charge in [0.05, 0.1) is 23.4 Å². The topological polar surface area (TPSA) is 165 Å². The quantitative estimate of drug-likeness (QED) is 0.0660. The summed E-state index contributed by atoms with van der Waals surface area (Å²) in [7, 11) is 0. The Labute approximate surface area is 227 Å². The number of nitrogens with two attached hydrogens (primary N) is 3. The van der Waals surface area contributed by atoms with Gasteiger partial charge in [0.15, 0.2) is 11.1 Å². The molecule has 0 fully saturated rings. The van der Waals surface area contributed by atoms with Crippen molar-refractivity contribution in [3.05, 3.63) is 78.5 Å². The van der Waals surface area contributed by atoms with E-state index in [2.05, 4.69) is 20.6 Å². The molecule has 0 bridgehead atoms.